The standard InChI is InChI=1S/C35H38N2/c1-7-36-31(34(3,4)29-20-13-17-25-15-9-11-18-27(25)29)21-14-22-32-35(5,6)33-28-19-12-10-16-26(28)23-24-30(33)37(32)8-2/h9-24H,7-8H2,1-6H3/b21-14+,32-22+,36-31?. The second-order valence-electron chi connectivity index (χ2n) is 11.0. The fourth-order valence-corrected chi connectivity index (χ4v) is 6.14. The summed E-state index contributed by atoms with van der Waals surface area (Å²) >= 11 is 0. The molecule has 0 aliphatic carbocycles. The van der Waals surface area contributed by atoms with Crippen molar-refractivity contribution in [3.63, 3.8) is 0 Å². The van der Waals surface area contributed by atoms with Gasteiger partial charge in [0.15, 0.2) is 0 Å². The number of hydrogen-bond donors (Lipinski definition) is 0. The lowest BCUT2D eigenvalue weighted by Crippen LogP contribution is -2.28. The molecule has 1 heterocycles. The van der Waals surface area contributed by atoms with E-state index in [2.05, 4.69) is 144 Å². The second-order valence-corrected chi connectivity index (χ2v) is 11.0. The summed E-state index contributed by atoms with van der Waals surface area (Å²) in [6.07, 6.45) is 6.75. The van der Waals surface area contributed by atoms with Gasteiger partial charge in [0.1, 0.15) is 0 Å². The summed E-state index contributed by atoms with van der Waals surface area (Å²) in [7, 11) is 0. The molecule has 0 fully saturated rings. The third kappa shape index (κ3) is 4.19. The van der Waals surface area contributed by atoms with Gasteiger partial charge in [-0.15, -0.1) is 0 Å². The largest absolute Gasteiger partial charge is 0.344 e. The molecular formula is C35H38N2. The zero-order valence-corrected chi connectivity index (χ0v) is 23.0. The summed E-state index contributed by atoms with van der Waals surface area (Å²) in [6, 6.07) is 28.6. The van der Waals surface area contributed by atoms with E-state index in [9.17, 15) is 0 Å². The van der Waals surface area contributed by atoms with Crippen molar-refractivity contribution in [2.24, 2.45) is 4.99 Å². The summed E-state index contributed by atoms with van der Waals surface area (Å²) in [5, 5.41) is 5.21. The van der Waals surface area contributed by atoms with Gasteiger partial charge in [0.05, 0.1) is 0 Å². The first kappa shape index (κ1) is 25.0. The Balaban J connectivity index is 1.56. The average Bonchev–Trinajstić information content (AvgIpc) is 3.13. The number of benzene rings is 4. The Labute approximate surface area is 222 Å². The minimum atomic E-state index is -0.222. The first-order valence-electron chi connectivity index (χ1n) is 13.5. The fraction of sp³-hybridized carbons (Fsp3) is 0.286. The fourth-order valence-electron chi connectivity index (χ4n) is 6.14. The highest BCUT2D eigenvalue weighted by molar-refractivity contribution is 6.06. The van der Waals surface area contributed by atoms with Crippen molar-refractivity contribution in [2.75, 3.05) is 18.0 Å². The third-order valence-corrected chi connectivity index (χ3v) is 8.01. The van der Waals surface area contributed by atoms with E-state index >= 15 is 0 Å². The van der Waals surface area contributed by atoms with Gasteiger partial charge in [0.2, 0.25) is 0 Å². The minimum Gasteiger partial charge on any atom is -0.344 e. The molecule has 0 saturated carbocycles. The van der Waals surface area contributed by atoms with Crippen molar-refractivity contribution in [1.82, 2.24) is 0 Å². The summed E-state index contributed by atoms with van der Waals surface area (Å²) < 4.78 is 0. The van der Waals surface area contributed by atoms with Gasteiger partial charge >= 0.3 is 0 Å². The topological polar surface area (TPSA) is 15.6 Å². The predicted octanol–water partition coefficient (Wildman–Crippen LogP) is 8.99. The number of fused-ring (bicyclic) bond motifs is 4. The van der Waals surface area contributed by atoms with Gasteiger partial charge in [-0.3, -0.25) is 4.99 Å². The number of allylic oxidation sites excluding steroid dienone is 4. The molecule has 0 spiro atoms. The predicted molar refractivity (Wildman–Crippen MR) is 162 cm³/mol. The maximum Gasteiger partial charge on any atom is 0.0456 e. The van der Waals surface area contributed by atoms with Gasteiger partial charge in [-0.05, 0) is 64.7 Å². The molecule has 2 heteroatoms. The van der Waals surface area contributed by atoms with E-state index in [1.165, 1.54) is 44.1 Å². The van der Waals surface area contributed by atoms with Crippen LogP contribution in [-0.4, -0.2) is 18.8 Å². The Morgan fingerprint density at radius 3 is 2.19 bits per heavy atom. The molecule has 1 aliphatic heterocycles. The molecule has 0 radical (unpaired) electrons. The zero-order valence-electron chi connectivity index (χ0n) is 23.0. The molecule has 1 aliphatic rings. The minimum absolute atomic E-state index is 0.0935. The lowest BCUT2D eigenvalue weighted by atomic mass is 9.77. The van der Waals surface area contributed by atoms with Crippen molar-refractivity contribution < 1.29 is 0 Å². The summed E-state index contributed by atoms with van der Waals surface area (Å²) in [5.74, 6) is 0. The highest BCUT2D eigenvalue weighted by Crippen LogP contribution is 2.50. The smallest absolute Gasteiger partial charge is 0.0456 e. The average molecular weight is 487 g/mol. The van der Waals surface area contributed by atoms with Crippen LogP contribution in [0.4, 0.5) is 5.69 Å². The lowest BCUT2D eigenvalue weighted by molar-refractivity contribution is 0.638. The number of likely N-dealkylation sites (N-methyl/N-ethyl adjacent to an activating group) is 1. The second kappa shape index (κ2) is 9.67. The molecule has 0 aromatic heterocycles. The van der Waals surface area contributed by atoms with E-state index in [1.807, 2.05) is 0 Å². The quantitative estimate of drug-likeness (QED) is 0.248. The van der Waals surface area contributed by atoms with Gasteiger partial charge in [0, 0.05) is 41.0 Å². The van der Waals surface area contributed by atoms with Crippen LogP contribution in [0.3, 0.4) is 0 Å². The van der Waals surface area contributed by atoms with Gasteiger partial charge < -0.3 is 4.90 Å². The summed E-state index contributed by atoms with van der Waals surface area (Å²) in [4.78, 5) is 7.46. The summed E-state index contributed by atoms with van der Waals surface area (Å²) in [6.45, 7) is 15.3. The van der Waals surface area contributed by atoms with E-state index in [-0.39, 0.29) is 10.8 Å². The lowest BCUT2D eigenvalue weighted by Gasteiger charge is -2.28. The molecule has 0 saturated heterocycles. The van der Waals surface area contributed by atoms with Crippen LogP contribution in [0, 0.1) is 0 Å². The first-order chi connectivity index (χ1) is 17.8. The molecule has 188 valence electrons. The Bertz CT molecular complexity index is 1540. The normalized spacial score (nSPS) is 16.9. The van der Waals surface area contributed by atoms with Crippen molar-refractivity contribution >= 4 is 32.9 Å². The molecule has 0 unspecified atom stereocenters. The van der Waals surface area contributed by atoms with Crippen LogP contribution in [0.1, 0.15) is 52.7 Å². The van der Waals surface area contributed by atoms with Gasteiger partial charge in [-0.25, -0.2) is 0 Å². The molecule has 4 aromatic rings. The van der Waals surface area contributed by atoms with Gasteiger partial charge in [0.25, 0.3) is 0 Å². The molecule has 0 N–H and O–H groups in total. The van der Waals surface area contributed by atoms with E-state index in [1.54, 1.807) is 0 Å². The van der Waals surface area contributed by atoms with Crippen LogP contribution in [-0.2, 0) is 10.8 Å². The van der Waals surface area contributed by atoms with Crippen LogP contribution >= 0.6 is 0 Å². The zero-order chi connectivity index (χ0) is 26.2. The van der Waals surface area contributed by atoms with Crippen molar-refractivity contribution in [3.05, 3.63) is 114 Å². The third-order valence-electron chi connectivity index (χ3n) is 8.01. The number of anilines is 1. The Hall–Kier alpha value is -3.65. The van der Waals surface area contributed by atoms with Crippen molar-refractivity contribution in [1.29, 1.82) is 0 Å². The van der Waals surface area contributed by atoms with Crippen molar-refractivity contribution in [3.8, 4) is 0 Å². The van der Waals surface area contributed by atoms with Crippen LogP contribution in [0.25, 0.3) is 21.5 Å². The van der Waals surface area contributed by atoms with E-state index in [0.717, 1.165) is 18.8 Å². The number of aliphatic imine (C=N–C) groups is 1. The Morgan fingerprint density at radius 1 is 0.838 bits per heavy atom. The molecule has 0 amide bonds. The maximum absolute atomic E-state index is 4.99. The highest BCUT2D eigenvalue weighted by atomic mass is 15.2. The molecule has 0 atom stereocenters. The molecule has 4 aromatic carbocycles. The van der Waals surface area contributed by atoms with Crippen molar-refractivity contribution in [2.45, 2.75) is 52.4 Å². The van der Waals surface area contributed by atoms with E-state index in [4.69, 9.17) is 4.99 Å². The number of hydrogen-bond acceptors (Lipinski definition) is 2. The number of nitrogens with zero attached hydrogens (tertiary/aromatic N) is 2. The Kier molecular flexibility index (Phi) is 6.54. The molecule has 5 rings (SSSR count). The highest BCUT2D eigenvalue weighted by Gasteiger charge is 2.40. The first-order valence-corrected chi connectivity index (χ1v) is 13.5. The van der Waals surface area contributed by atoms with Crippen LogP contribution in [0.2, 0.25) is 0 Å². The monoisotopic (exact) mass is 486 g/mol. The Morgan fingerprint density at radius 2 is 1.49 bits per heavy atom. The molecule has 2 nitrogen and oxygen atoms in total. The van der Waals surface area contributed by atoms with Crippen LogP contribution < -0.4 is 4.90 Å². The van der Waals surface area contributed by atoms with Crippen LogP contribution in [0.15, 0.2) is 108 Å². The van der Waals surface area contributed by atoms with E-state index < -0.39 is 0 Å². The SMILES string of the molecule is CCN=C(/C=C/C=C1/N(CC)c2ccc3ccccc3c2C1(C)C)C(C)(C)c1cccc2ccccc12. The van der Waals surface area contributed by atoms with Gasteiger partial charge in [-0.1, -0.05) is 107 Å². The van der Waals surface area contributed by atoms with Crippen LogP contribution in [0.5, 0.6) is 0 Å². The molecule has 37 heavy (non-hydrogen) atoms. The maximum atomic E-state index is 4.99. The number of rotatable bonds is 6. The van der Waals surface area contributed by atoms with Gasteiger partial charge in [-0.2, -0.15) is 0 Å². The summed E-state index contributed by atoms with van der Waals surface area (Å²) in [5.41, 5.74) is 6.17. The molecular weight excluding hydrogens is 448 g/mol. The van der Waals surface area contributed by atoms with E-state index in [0.29, 0.717) is 0 Å². The molecule has 0 bridgehead atoms.